The Balaban J connectivity index is 1.45. The fourth-order valence-corrected chi connectivity index (χ4v) is 4.99. The van der Waals surface area contributed by atoms with E-state index in [4.69, 9.17) is 5.73 Å². The monoisotopic (exact) mass is 371 g/mol. The topological polar surface area (TPSA) is 82.8 Å². The molecule has 0 radical (unpaired) electrons. The maximum atomic E-state index is 12.6. The summed E-state index contributed by atoms with van der Waals surface area (Å²) in [7, 11) is 2.13. The Morgan fingerprint density at radius 1 is 1.26 bits per heavy atom. The molecule has 2 N–H and O–H groups in total. The Morgan fingerprint density at radius 3 is 2.70 bits per heavy atom. The van der Waals surface area contributed by atoms with Gasteiger partial charge in [-0.25, -0.2) is 4.98 Å². The van der Waals surface area contributed by atoms with Crippen molar-refractivity contribution >= 4 is 17.6 Å². The zero-order valence-electron chi connectivity index (χ0n) is 16.1. The number of piperidine rings is 2. The van der Waals surface area contributed by atoms with Gasteiger partial charge >= 0.3 is 0 Å². The molecule has 0 aromatic carbocycles. The predicted octanol–water partition coefficient (Wildman–Crippen LogP) is 1.09. The van der Waals surface area contributed by atoms with Crippen LogP contribution in [-0.4, -0.2) is 72.4 Å². The van der Waals surface area contributed by atoms with Gasteiger partial charge in [-0.1, -0.05) is 0 Å². The van der Waals surface area contributed by atoms with Crippen molar-refractivity contribution in [1.29, 1.82) is 0 Å². The van der Waals surface area contributed by atoms with Crippen molar-refractivity contribution in [3.05, 3.63) is 23.9 Å². The van der Waals surface area contributed by atoms with Crippen LogP contribution in [0.5, 0.6) is 0 Å². The van der Waals surface area contributed by atoms with Crippen LogP contribution in [0.15, 0.2) is 18.3 Å². The summed E-state index contributed by atoms with van der Waals surface area (Å²) in [5, 5.41) is 0. The number of hydrogen-bond donors (Lipinski definition) is 1. The summed E-state index contributed by atoms with van der Waals surface area (Å²) < 4.78 is 0. The van der Waals surface area contributed by atoms with Crippen molar-refractivity contribution in [3.63, 3.8) is 0 Å². The molecular weight excluding hydrogens is 342 g/mol. The Kier molecular flexibility index (Phi) is 4.80. The van der Waals surface area contributed by atoms with Crippen LogP contribution in [-0.2, 0) is 4.79 Å². The lowest BCUT2D eigenvalue weighted by Crippen LogP contribution is -2.55. The van der Waals surface area contributed by atoms with Gasteiger partial charge < -0.3 is 20.4 Å². The van der Waals surface area contributed by atoms with Crippen molar-refractivity contribution < 1.29 is 9.59 Å². The van der Waals surface area contributed by atoms with Crippen LogP contribution in [0.2, 0.25) is 0 Å². The van der Waals surface area contributed by atoms with Crippen molar-refractivity contribution in [2.24, 2.45) is 11.1 Å². The minimum absolute atomic E-state index is 0.202. The fraction of sp³-hybridized carbons (Fsp3) is 0.650. The number of nitrogens with zero attached hydrogens (tertiary/aromatic N) is 4. The molecule has 4 heterocycles. The summed E-state index contributed by atoms with van der Waals surface area (Å²) in [6.07, 6.45) is 6.48. The maximum absolute atomic E-state index is 12.6. The van der Waals surface area contributed by atoms with Gasteiger partial charge in [0.05, 0.1) is 5.56 Å². The van der Waals surface area contributed by atoms with E-state index in [1.54, 1.807) is 18.3 Å². The summed E-state index contributed by atoms with van der Waals surface area (Å²) in [6, 6.07) is 3.86. The number of pyridine rings is 1. The largest absolute Gasteiger partial charge is 0.365 e. The fourth-order valence-electron chi connectivity index (χ4n) is 4.99. The molecule has 146 valence electrons. The minimum atomic E-state index is -0.432. The summed E-state index contributed by atoms with van der Waals surface area (Å²) >= 11 is 0. The zero-order chi connectivity index (χ0) is 19.0. The number of anilines is 1. The molecule has 0 saturated carbocycles. The van der Waals surface area contributed by atoms with Crippen LogP contribution >= 0.6 is 0 Å². The van der Waals surface area contributed by atoms with E-state index in [1.165, 1.54) is 0 Å². The second-order valence-electron chi connectivity index (χ2n) is 8.45. The molecule has 0 bridgehead atoms. The molecule has 3 fully saturated rings. The predicted molar refractivity (Wildman–Crippen MR) is 103 cm³/mol. The SMILES string of the molecule is CN1CC[C@H](N2CC3(CCC2=O)CCN(c2ncccc2C(N)=O)CC3)C1. The third-order valence-electron chi connectivity index (χ3n) is 6.68. The second-order valence-corrected chi connectivity index (χ2v) is 8.45. The number of likely N-dealkylation sites (tertiary alicyclic amines) is 2. The van der Waals surface area contributed by atoms with E-state index in [2.05, 4.69) is 26.7 Å². The van der Waals surface area contributed by atoms with Gasteiger partial charge in [0.15, 0.2) is 0 Å². The van der Waals surface area contributed by atoms with Crippen LogP contribution in [0, 0.1) is 5.41 Å². The van der Waals surface area contributed by atoms with Crippen molar-refractivity contribution in [2.45, 2.75) is 38.1 Å². The number of hydrogen-bond acceptors (Lipinski definition) is 5. The van der Waals surface area contributed by atoms with Gasteiger partial charge in [-0.15, -0.1) is 0 Å². The molecule has 0 unspecified atom stereocenters. The molecule has 3 aliphatic heterocycles. The average molecular weight is 371 g/mol. The van der Waals surface area contributed by atoms with Crippen LogP contribution in [0.4, 0.5) is 5.82 Å². The summed E-state index contributed by atoms with van der Waals surface area (Å²) in [5.74, 6) is 0.586. The molecule has 1 atom stereocenters. The van der Waals surface area contributed by atoms with Gasteiger partial charge in [-0.05, 0) is 56.8 Å². The second kappa shape index (κ2) is 7.11. The van der Waals surface area contributed by atoms with Crippen LogP contribution in [0.3, 0.4) is 0 Å². The number of likely N-dealkylation sites (N-methyl/N-ethyl adjacent to an activating group) is 1. The first-order chi connectivity index (χ1) is 13.0. The molecule has 3 aliphatic rings. The van der Waals surface area contributed by atoms with E-state index in [1.807, 2.05) is 0 Å². The van der Waals surface area contributed by atoms with E-state index in [0.29, 0.717) is 29.8 Å². The Bertz CT molecular complexity index is 729. The van der Waals surface area contributed by atoms with Gasteiger partial charge in [0.25, 0.3) is 5.91 Å². The van der Waals surface area contributed by atoms with Gasteiger partial charge in [0.2, 0.25) is 5.91 Å². The van der Waals surface area contributed by atoms with Crippen LogP contribution in [0.25, 0.3) is 0 Å². The Hall–Kier alpha value is -2.15. The quantitative estimate of drug-likeness (QED) is 0.860. The van der Waals surface area contributed by atoms with Crippen LogP contribution in [0.1, 0.15) is 42.5 Å². The minimum Gasteiger partial charge on any atom is -0.365 e. The van der Waals surface area contributed by atoms with E-state index >= 15 is 0 Å². The molecule has 1 spiro atoms. The summed E-state index contributed by atoms with van der Waals surface area (Å²) in [5.41, 5.74) is 6.21. The molecule has 2 amide bonds. The first-order valence-corrected chi connectivity index (χ1v) is 9.95. The van der Waals surface area contributed by atoms with Crippen molar-refractivity contribution in [1.82, 2.24) is 14.8 Å². The first kappa shape index (κ1) is 18.2. The molecule has 27 heavy (non-hydrogen) atoms. The van der Waals surface area contributed by atoms with E-state index in [9.17, 15) is 9.59 Å². The lowest BCUT2D eigenvalue weighted by Gasteiger charge is -2.49. The standard InChI is InChI=1S/C20H29N5O2/c1-23-10-5-15(13-23)25-14-20(6-4-17(25)26)7-11-24(12-8-20)19-16(18(21)27)3-2-9-22-19/h2-3,9,15H,4-8,10-14H2,1H3,(H2,21,27)/t15-/m0/s1. The highest BCUT2D eigenvalue weighted by molar-refractivity contribution is 5.97. The number of amides is 2. The van der Waals surface area contributed by atoms with Crippen molar-refractivity contribution in [3.8, 4) is 0 Å². The lowest BCUT2D eigenvalue weighted by atomic mass is 9.72. The number of rotatable bonds is 3. The average Bonchev–Trinajstić information content (AvgIpc) is 3.11. The summed E-state index contributed by atoms with van der Waals surface area (Å²) in [6.45, 7) is 4.64. The van der Waals surface area contributed by atoms with Gasteiger partial charge in [0, 0.05) is 44.8 Å². The molecule has 7 heteroatoms. The molecular formula is C20H29N5O2. The molecule has 4 rings (SSSR count). The number of aromatic nitrogens is 1. The van der Waals surface area contributed by atoms with Crippen LogP contribution < -0.4 is 10.6 Å². The van der Waals surface area contributed by atoms with Crippen molar-refractivity contribution in [2.75, 3.05) is 44.7 Å². The highest BCUT2D eigenvalue weighted by Gasteiger charge is 2.44. The van der Waals surface area contributed by atoms with E-state index < -0.39 is 5.91 Å². The third kappa shape index (κ3) is 3.52. The zero-order valence-corrected chi connectivity index (χ0v) is 16.1. The molecule has 1 aromatic rings. The Labute approximate surface area is 160 Å². The molecule has 7 nitrogen and oxygen atoms in total. The lowest BCUT2D eigenvalue weighted by molar-refractivity contribution is -0.141. The van der Waals surface area contributed by atoms with E-state index in [-0.39, 0.29) is 5.41 Å². The van der Waals surface area contributed by atoms with Gasteiger partial charge in [-0.3, -0.25) is 9.59 Å². The van der Waals surface area contributed by atoms with E-state index in [0.717, 1.165) is 58.4 Å². The van der Waals surface area contributed by atoms with Gasteiger partial charge in [0.1, 0.15) is 5.82 Å². The number of primary amides is 1. The molecule has 0 aliphatic carbocycles. The smallest absolute Gasteiger partial charge is 0.252 e. The number of carbonyl (C=O) groups is 2. The normalized spacial score (nSPS) is 26.0. The van der Waals surface area contributed by atoms with Gasteiger partial charge in [-0.2, -0.15) is 0 Å². The first-order valence-electron chi connectivity index (χ1n) is 9.95. The summed E-state index contributed by atoms with van der Waals surface area (Å²) in [4.78, 5) is 35.3. The third-order valence-corrected chi connectivity index (χ3v) is 6.68. The Morgan fingerprint density at radius 2 is 2.04 bits per heavy atom. The number of nitrogens with two attached hydrogens (primary N) is 1. The molecule has 3 saturated heterocycles. The molecule has 1 aromatic heterocycles. The number of carbonyl (C=O) groups excluding carboxylic acids is 2. The highest BCUT2D eigenvalue weighted by atomic mass is 16.2. The highest BCUT2D eigenvalue weighted by Crippen LogP contribution is 2.42. The maximum Gasteiger partial charge on any atom is 0.252 e.